The molecule has 0 aromatic carbocycles. The summed E-state index contributed by atoms with van der Waals surface area (Å²) < 4.78 is 28.0. The van der Waals surface area contributed by atoms with Crippen molar-refractivity contribution in [3.05, 3.63) is 0 Å². The standard InChI is InChI=1S/C21H38N6O5S/c22-21(23)24-11-6-9-17(14-28)25-19(29)13-27-12-5-4-10-18(20(27)30)26-33(31,32)15-16-7-2-1-3-8-16/h14,16-18,26H,1-13,15H2,(H,25,29)(H4,22,23,24)/t17-,18-/m0/s1. The van der Waals surface area contributed by atoms with Gasteiger partial charge in [-0.05, 0) is 50.9 Å². The van der Waals surface area contributed by atoms with Gasteiger partial charge < -0.3 is 26.5 Å². The van der Waals surface area contributed by atoms with E-state index in [1.54, 1.807) is 0 Å². The molecule has 11 nitrogen and oxygen atoms in total. The molecule has 0 unspecified atom stereocenters. The monoisotopic (exact) mass is 486 g/mol. The number of rotatable bonds is 12. The average Bonchev–Trinajstić information content (AvgIpc) is 2.92. The van der Waals surface area contributed by atoms with Crippen molar-refractivity contribution in [3.8, 4) is 0 Å². The fourth-order valence-electron chi connectivity index (χ4n) is 4.42. The molecule has 0 aromatic rings. The summed E-state index contributed by atoms with van der Waals surface area (Å²) in [5.41, 5.74) is 10.5. The van der Waals surface area contributed by atoms with Crippen LogP contribution in [0, 0.1) is 5.92 Å². The van der Waals surface area contributed by atoms with Crippen molar-refractivity contribution in [3.63, 3.8) is 0 Å². The number of carbonyl (C=O) groups is 3. The van der Waals surface area contributed by atoms with Crippen molar-refractivity contribution in [1.82, 2.24) is 14.9 Å². The molecule has 0 bridgehead atoms. The van der Waals surface area contributed by atoms with E-state index in [2.05, 4.69) is 15.0 Å². The van der Waals surface area contributed by atoms with E-state index in [1.807, 2.05) is 0 Å². The summed E-state index contributed by atoms with van der Waals surface area (Å²) in [6.45, 7) is 0.483. The van der Waals surface area contributed by atoms with Crippen LogP contribution in [0.3, 0.4) is 0 Å². The number of hydrogen-bond donors (Lipinski definition) is 4. The van der Waals surface area contributed by atoms with Crippen LogP contribution in [0.1, 0.15) is 64.2 Å². The lowest BCUT2D eigenvalue weighted by Gasteiger charge is -2.26. The van der Waals surface area contributed by atoms with E-state index in [9.17, 15) is 22.8 Å². The van der Waals surface area contributed by atoms with Crippen LogP contribution in [-0.2, 0) is 24.4 Å². The van der Waals surface area contributed by atoms with Crippen molar-refractivity contribution in [1.29, 1.82) is 0 Å². The second kappa shape index (κ2) is 13.5. The molecule has 2 rings (SSSR count). The quantitative estimate of drug-likeness (QED) is 0.125. The Bertz CT molecular complexity index is 793. The summed E-state index contributed by atoms with van der Waals surface area (Å²) in [6, 6.07) is -1.58. The highest BCUT2D eigenvalue weighted by atomic mass is 32.2. The van der Waals surface area contributed by atoms with Gasteiger partial charge in [-0.2, -0.15) is 0 Å². The normalized spacial score (nSPS) is 21.2. The Morgan fingerprint density at radius 3 is 2.52 bits per heavy atom. The molecule has 12 heteroatoms. The molecule has 0 spiro atoms. The van der Waals surface area contributed by atoms with E-state index < -0.39 is 33.9 Å². The summed E-state index contributed by atoms with van der Waals surface area (Å²) in [5.74, 6) is -0.729. The Morgan fingerprint density at radius 1 is 1.15 bits per heavy atom. The van der Waals surface area contributed by atoms with Gasteiger partial charge in [0.2, 0.25) is 21.8 Å². The predicted octanol–water partition coefficient (Wildman–Crippen LogP) is -0.395. The van der Waals surface area contributed by atoms with Gasteiger partial charge in [0, 0.05) is 13.1 Å². The highest BCUT2D eigenvalue weighted by Crippen LogP contribution is 2.25. The molecule has 1 heterocycles. The topological polar surface area (TPSA) is 177 Å². The molecule has 6 N–H and O–H groups in total. The van der Waals surface area contributed by atoms with E-state index in [1.165, 1.54) is 4.90 Å². The average molecular weight is 487 g/mol. The Morgan fingerprint density at radius 2 is 1.85 bits per heavy atom. The number of carbonyl (C=O) groups excluding carboxylic acids is 3. The highest BCUT2D eigenvalue weighted by Gasteiger charge is 2.32. The maximum atomic E-state index is 13.0. The summed E-state index contributed by atoms with van der Waals surface area (Å²) in [6.07, 6.45) is 8.30. The number of nitrogens with zero attached hydrogens (tertiary/aromatic N) is 2. The summed E-state index contributed by atoms with van der Waals surface area (Å²) in [4.78, 5) is 42.0. The number of amides is 2. The summed E-state index contributed by atoms with van der Waals surface area (Å²) in [5, 5.41) is 2.61. The van der Waals surface area contributed by atoms with Crippen LogP contribution in [0.2, 0.25) is 0 Å². The van der Waals surface area contributed by atoms with Gasteiger partial charge in [-0.15, -0.1) is 0 Å². The van der Waals surface area contributed by atoms with E-state index >= 15 is 0 Å². The fraction of sp³-hybridized carbons (Fsp3) is 0.810. The number of nitrogens with two attached hydrogens (primary N) is 2. The highest BCUT2D eigenvalue weighted by molar-refractivity contribution is 7.89. The molecule has 1 aliphatic heterocycles. The molecule has 1 aliphatic carbocycles. The van der Waals surface area contributed by atoms with Crippen LogP contribution < -0.4 is 21.5 Å². The van der Waals surface area contributed by atoms with E-state index in [0.717, 1.165) is 32.1 Å². The zero-order chi connectivity index (χ0) is 24.3. The first kappa shape index (κ1) is 27.0. The summed E-state index contributed by atoms with van der Waals surface area (Å²) in [7, 11) is -3.60. The van der Waals surface area contributed by atoms with Gasteiger partial charge in [0.25, 0.3) is 0 Å². The van der Waals surface area contributed by atoms with E-state index in [0.29, 0.717) is 51.5 Å². The smallest absolute Gasteiger partial charge is 0.241 e. The molecule has 188 valence electrons. The molecular weight excluding hydrogens is 448 g/mol. The van der Waals surface area contributed by atoms with Crippen LogP contribution in [-0.4, -0.2) is 74.8 Å². The minimum atomic E-state index is -3.60. The number of guanidine groups is 1. The van der Waals surface area contributed by atoms with Crippen LogP contribution in [0.15, 0.2) is 4.99 Å². The van der Waals surface area contributed by atoms with Gasteiger partial charge in [-0.3, -0.25) is 14.6 Å². The Labute approximate surface area is 196 Å². The first-order valence-electron chi connectivity index (χ1n) is 11.8. The maximum absolute atomic E-state index is 13.0. The van der Waals surface area contributed by atoms with Crippen molar-refractivity contribution >= 4 is 34.1 Å². The van der Waals surface area contributed by atoms with E-state index in [4.69, 9.17) is 11.5 Å². The van der Waals surface area contributed by atoms with Gasteiger partial charge in [-0.25, -0.2) is 13.1 Å². The van der Waals surface area contributed by atoms with Crippen LogP contribution in [0.5, 0.6) is 0 Å². The minimum absolute atomic E-state index is 0.0368. The zero-order valence-electron chi connectivity index (χ0n) is 19.2. The molecule has 2 atom stereocenters. The lowest BCUT2D eigenvalue weighted by atomic mass is 9.91. The molecule has 1 saturated carbocycles. The van der Waals surface area contributed by atoms with Crippen LogP contribution >= 0.6 is 0 Å². The SMILES string of the molecule is NC(N)=NCCC[C@@H](C=O)NC(=O)CN1CCCC[C@H](NS(=O)(=O)CC2CCCCC2)C1=O. The molecule has 1 saturated heterocycles. The van der Waals surface area contributed by atoms with Crippen LogP contribution in [0.25, 0.3) is 0 Å². The molecule has 2 fully saturated rings. The fourth-order valence-corrected chi connectivity index (χ4v) is 6.12. The molecular formula is C21H38N6O5S. The minimum Gasteiger partial charge on any atom is -0.370 e. The second-order valence-corrected chi connectivity index (χ2v) is 10.8. The maximum Gasteiger partial charge on any atom is 0.241 e. The van der Waals surface area contributed by atoms with Gasteiger partial charge in [0.05, 0.1) is 18.3 Å². The Balaban J connectivity index is 1.88. The van der Waals surface area contributed by atoms with E-state index in [-0.39, 0.29) is 24.2 Å². The number of nitrogens with one attached hydrogen (secondary N) is 2. The Hall–Kier alpha value is -2.21. The van der Waals surface area contributed by atoms with Crippen molar-refractivity contribution in [2.45, 2.75) is 76.3 Å². The van der Waals surface area contributed by atoms with Gasteiger partial charge in [0.15, 0.2) is 5.96 Å². The largest absolute Gasteiger partial charge is 0.370 e. The predicted molar refractivity (Wildman–Crippen MR) is 126 cm³/mol. The van der Waals surface area contributed by atoms with Crippen molar-refractivity contribution in [2.75, 3.05) is 25.4 Å². The van der Waals surface area contributed by atoms with Gasteiger partial charge >= 0.3 is 0 Å². The molecule has 0 radical (unpaired) electrons. The van der Waals surface area contributed by atoms with Gasteiger partial charge in [-0.1, -0.05) is 19.3 Å². The molecule has 33 heavy (non-hydrogen) atoms. The van der Waals surface area contributed by atoms with Crippen molar-refractivity contribution in [2.24, 2.45) is 22.4 Å². The number of likely N-dealkylation sites (tertiary alicyclic amines) is 1. The lowest BCUT2D eigenvalue weighted by Crippen LogP contribution is -2.51. The third-order valence-electron chi connectivity index (χ3n) is 6.10. The van der Waals surface area contributed by atoms with Crippen LogP contribution in [0.4, 0.5) is 0 Å². The second-order valence-electron chi connectivity index (χ2n) is 8.97. The molecule has 2 aliphatic rings. The lowest BCUT2D eigenvalue weighted by molar-refractivity contribution is -0.137. The first-order chi connectivity index (χ1) is 15.7. The third kappa shape index (κ3) is 10.1. The third-order valence-corrected chi connectivity index (χ3v) is 7.65. The number of hydrogen-bond acceptors (Lipinski definition) is 6. The molecule has 0 aromatic heterocycles. The summed E-state index contributed by atoms with van der Waals surface area (Å²) >= 11 is 0. The first-order valence-corrected chi connectivity index (χ1v) is 13.4. The molecule has 2 amide bonds. The Kier molecular flexibility index (Phi) is 11.0. The number of aldehydes is 1. The van der Waals surface area contributed by atoms with Gasteiger partial charge in [0.1, 0.15) is 12.3 Å². The number of sulfonamides is 1. The van der Waals surface area contributed by atoms with Crippen molar-refractivity contribution < 1.29 is 22.8 Å². The zero-order valence-corrected chi connectivity index (χ0v) is 20.0. The number of aliphatic imine (C=N–C) groups is 1.